The van der Waals surface area contributed by atoms with Crippen molar-refractivity contribution in [3.8, 4) is 0 Å². The van der Waals surface area contributed by atoms with E-state index in [0.717, 1.165) is 0 Å². The van der Waals surface area contributed by atoms with Crippen molar-refractivity contribution in [3.05, 3.63) is 0 Å². The summed E-state index contributed by atoms with van der Waals surface area (Å²) in [4.78, 5) is 22.3. The van der Waals surface area contributed by atoms with Gasteiger partial charge in [-0.2, -0.15) is 0 Å². The quantitative estimate of drug-likeness (QED) is 0.427. The van der Waals surface area contributed by atoms with Gasteiger partial charge in [0.2, 0.25) is 5.91 Å². The van der Waals surface area contributed by atoms with Gasteiger partial charge >= 0.3 is 5.97 Å². The number of carbonyl (C=O) groups is 2. The van der Waals surface area contributed by atoms with Crippen LogP contribution in [0.3, 0.4) is 0 Å². The Hall–Kier alpha value is -0.330. The van der Waals surface area contributed by atoms with E-state index in [9.17, 15) is 9.59 Å². The molecule has 2 rings (SSSR count). The van der Waals surface area contributed by atoms with Crippen LogP contribution in [0.4, 0.5) is 0 Å². The Morgan fingerprint density at radius 2 is 2.23 bits per heavy atom. The third-order valence-electron chi connectivity index (χ3n) is 2.79. The van der Waals surface area contributed by atoms with Gasteiger partial charge in [0.25, 0.3) is 0 Å². The first kappa shape index (κ1) is 9.23. The van der Waals surface area contributed by atoms with Gasteiger partial charge < -0.3 is 10.5 Å². The van der Waals surface area contributed by atoms with Crippen molar-refractivity contribution in [1.82, 2.24) is 0 Å². The number of ether oxygens (including phenoxy) is 1. The Morgan fingerprint density at radius 3 is 2.85 bits per heavy atom. The Balaban J connectivity index is 2.22. The lowest BCUT2D eigenvalue weighted by Crippen LogP contribution is -2.38. The van der Waals surface area contributed by atoms with Crippen LogP contribution in [-0.4, -0.2) is 21.9 Å². The summed E-state index contributed by atoms with van der Waals surface area (Å²) < 4.78 is 5.36. The summed E-state index contributed by atoms with van der Waals surface area (Å²) in [5.74, 6) is -1.20. The summed E-state index contributed by atoms with van der Waals surface area (Å²) in [5.41, 5.74) is 5.23. The second-order valence-corrected chi connectivity index (χ2v) is 5.18. The topological polar surface area (TPSA) is 69.4 Å². The first-order valence-corrected chi connectivity index (χ1v) is 5.48. The van der Waals surface area contributed by atoms with Gasteiger partial charge in [-0.25, -0.2) is 0 Å². The summed E-state index contributed by atoms with van der Waals surface area (Å²) in [5, 5.41) is 0. The molecule has 0 radical (unpaired) electrons. The molecule has 4 atom stereocenters. The second-order valence-electron chi connectivity index (χ2n) is 3.58. The molecule has 13 heavy (non-hydrogen) atoms. The number of esters is 1. The maximum Gasteiger partial charge on any atom is 0.310 e. The van der Waals surface area contributed by atoms with Crippen LogP contribution in [0, 0.1) is 11.8 Å². The number of hydrogen-bond donors (Lipinski definition) is 1. The number of rotatable bonds is 1. The molecule has 0 aromatic carbocycles. The van der Waals surface area contributed by atoms with Crippen LogP contribution >= 0.6 is 22.6 Å². The van der Waals surface area contributed by atoms with Gasteiger partial charge in [0.05, 0.1) is 11.8 Å². The first-order chi connectivity index (χ1) is 6.09. The summed E-state index contributed by atoms with van der Waals surface area (Å²) in [6, 6.07) is 0. The minimum absolute atomic E-state index is 0.00806. The summed E-state index contributed by atoms with van der Waals surface area (Å²) in [6.07, 6.45) is 1.35. The molecule has 0 aromatic heterocycles. The molecule has 2 fully saturated rings. The Morgan fingerprint density at radius 1 is 1.54 bits per heavy atom. The monoisotopic (exact) mass is 295 g/mol. The molecule has 4 unspecified atom stereocenters. The highest BCUT2D eigenvalue weighted by molar-refractivity contribution is 14.1. The van der Waals surface area contributed by atoms with Crippen LogP contribution in [-0.2, 0) is 14.3 Å². The molecular weight excluding hydrogens is 285 g/mol. The highest BCUT2D eigenvalue weighted by Gasteiger charge is 2.49. The van der Waals surface area contributed by atoms with E-state index in [1.54, 1.807) is 0 Å². The molecule has 1 amide bonds. The lowest BCUT2D eigenvalue weighted by Gasteiger charge is -2.26. The van der Waals surface area contributed by atoms with E-state index in [0.29, 0.717) is 12.8 Å². The van der Waals surface area contributed by atoms with Crippen LogP contribution < -0.4 is 5.73 Å². The summed E-state index contributed by atoms with van der Waals surface area (Å²) in [6.45, 7) is 0. The molecule has 2 N–H and O–H groups in total. The van der Waals surface area contributed by atoms with E-state index in [1.807, 2.05) is 0 Å². The van der Waals surface area contributed by atoms with E-state index in [4.69, 9.17) is 10.5 Å². The number of fused-ring (bicyclic) bond motifs is 2. The smallest absolute Gasteiger partial charge is 0.310 e. The molecule has 4 nitrogen and oxygen atoms in total. The SMILES string of the molecule is NC(=O)C1CC(I)C2CC1C(=O)O2. The zero-order valence-electron chi connectivity index (χ0n) is 6.90. The van der Waals surface area contributed by atoms with Crippen molar-refractivity contribution in [2.75, 3.05) is 0 Å². The number of primary amides is 1. The van der Waals surface area contributed by atoms with Crippen LogP contribution in [0.2, 0.25) is 0 Å². The largest absolute Gasteiger partial charge is 0.461 e. The van der Waals surface area contributed by atoms with E-state index < -0.39 is 0 Å². The molecule has 1 aliphatic carbocycles. The maximum atomic E-state index is 11.3. The predicted octanol–water partition coefficient (Wildman–Crippen LogP) is 0.227. The zero-order valence-corrected chi connectivity index (χ0v) is 9.06. The maximum absolute atomic E-state index is 11.3. The molecule has 5 heteroatoms. The normalized spacial score (nSPS) is 43.0. The number of hydrogen-bond acceptors (Lipinski definition) is 3. The fourth-order valence-corrected chi connectivity index (χ4v) is 3.04. The fraction of sp³-hybridized carbons (Fsp3) is 0.750. The standard InChI is InChI=1S/C8H10INO3/c9-5-1-3(7(10)11)4-2-6(5)13-8(4)12/h3-6H,1-2H2,(H2,10,11). The van der Waals surface area contributed by atoms with Crippen LogP contribution in [0.1, 0.15) is 12.8 Å². The van der Waals surface area contributed by atoms with Gasteiger partial charge in [-0.05, 0) is 12.8 Å². The number of amides is 1. The van der Waals surface area contributed by atoms with Gasteiger partial charge in [0.1, 0.15) is 6.10 Å². The first-order valence-electron chi connectivity index (χ1n) is 4.23. The van der Waals surface area contributed by atoms with Crippen molar-refractivity contribution in [2.24, 2.45) is 17.6 Å². The average molecular weight is 295 g/mol. The van der Waals surface area contributed by atoms with Gasteiger partial charge in [-0.3, -0.25) is 9.59 Å². The molecule has 1 heterocycles. The lowest BCUT2D eigenvalue weighted by atomic mass is 9.79. The molecule has 72 valence electrons. The summed E-state index contributed by atoms with van der Waals surface area (Å²) >= 11 is 2.22. The van der Waals surface area contributed by atoms with Crippen LogP contribution in [0.25, 0.3) is 0 Å². The van der Waals surface area contributed by atoms with E-state index in [1.165, 1.54) is 0 Å². The fourth-order valence-electron chi connectivity index (χ4n) is 2.05. The van der Waals surface area contributed by atoms with Crippen molar-refractivity contribution in [2.45, 2.75) is 22.9 Å². The molecule has 2 aliphatic rings. The Bertz CT molecular complexity index is 268. The molecule has 0 aromatic rings. The number of halogens is 1. The molecule has 1 saturated carbocycles. The summed E-state index contributed by atoms with van der Waals surface area (Å²) in [7, 11) is 0. The highest BCUT2D eigenvalue weighted by Crippen LogP contribution is 2.41. The lowest BCUT2D eigenvalue weighted by molar-refractivity contribution is -0.145. The van der Waals surface area contributed by atoms with Crippen LogP contribution in [0.5, 0.6) is 0 Å². The third-order valence-corrected chi connectivity index (χ3v) is 4.10. The van der Waals surface area contributed by atoms with Crippen molar-refractivity contribution in [1.29, 1.82) is 0 Å². The molecular formula is C8H10INO3. The van der Waals surface area contributed by atoms with Gasteiger partial charge in [0.15, 0.2) is 0 Å². The van der Waals surface area contributed by atoms with Crippen molar-refractivity contribution in [3.63, 3.8) is 0 Å². The number of carbonyl (C=O) groups excluding carboxylic acids is 2. The van der Waals surface area contributed by atoms with Gasteiger partial charge in [-0.15, -0.1) is 0 Å². The van der Waals surface area contributed by atoms with E-state index in [2.05, 4.69) is 22.6 Å². The van der Waals surface area contributed by atoms with Crippen molar-refractivity contribution < 1.29 is 14.3 Å². The van der Waals surface area contributed by atoms with E-state index in [-0.39, 0.29) is 33.7 Å². The van der Waals surface area contributed by atoms with E-state index >= 15 is 0 Å². The molecule has 2 bridgehead atoms. The molecule has 1 saturated heterocycles. The zero-order chi connectivity index (χ0) is 9.59. The van der Waals surface area contributed by atoms with Gasteiger partial charge in [0, 0.05) is 3.92 Å². The third kappa shape index (κ3) is 1.43. The van der Waals surface area contributed by atoms with Crippen molar-refractivity contribution >= 4 is 34.5 Å². The minimum atomic E-state index is -0.371. The van der Waals surface area contributed by atoms with Crippen LogP contribution in [0.15, 0.2) is 0 Å². The molecule has 0 spiro atoms. The Labute approximate surface area is 89.3 Å². The van der Waals surface area contributed by atoms with Gasteiger partial charge in [-0.1, -0.05) is 22.6 Å². The predicted molar refractivity (Wildman–Crippen MR) is 53.1 cm³/mol. The Kier molecular flexibility index (Phi) is 2.21. The average Bonchev–Trinajstić information content (AvgIpc) is 2.37. The minimum Gasteiger partial charge on any atom is -0.461 e. The second kappa shape index (κ2) is 3.11. The number of nitrogens with two attached hydrogens (primary N) is 1. The highest BCUT2D eigenvalue weighted by atomic mass is 127. The number of alkyl halides is 1. The molecule has 1 aliphatic heterocycles.